The van der Waals surface area contributed by atoms with E-state index in [0.29, 0.717) is 34.9 Å². The second-order valence-electron chi connectivity index (χ2n) is 17.8. The number of aromatic nitrogens is 9. The van der Waals surface area contributed by atoms with E-state index >= 15 is 0 Å². The van der Waals surface area contributed by atoms with Gasteiger partial charge in [-0.3, -0.25) is 15.0 Å². The van der Waals surface area contributed by atoms with E-state index in [1.54, 1.807) is 12.4 Å². The third-order valence-electron chi connectivity index (χ3n) is 13.6. The number of rotatable bonds is 8. The van der Waals surface area contributed by atoms with Gasteiger partial charge in [0.25, 0.3) is 0 Å². The summed E-state index contributed by atoms with van der Waals surface area (Å²) in [7, 11) is 0. The molecule has 14 aromatic rings. The van der Waals surface area contributed by atoms with Gasteiger partial charge in [0.2, 0.25) is 0 Å². The molecule has 0 amide bonds. The van der Waals surface area contributed by atoms with Gasteiger partial charge in [0.1, 0.15) is 0 Å². The number of benzene rings is 9. The maximum Gasteiger partial charge on any atom is 0.166 e. The van der Waals surface area contributed by atoms with Crippen molar-refractivity contribution in [2.45, 2.75) is 0 Å². The van der Waals surface area contributed by atoms with Crippen molar-refractivity contribution in [3.8, 4) is 90.6 Å². The first-order valence-corrected chi connectivity index (χ1v) is 23.7. The van der Waals surface area contributed by atoms with Gasteiger partial charge in [-0.1, -0.05) is 146 Å². The van der Waals surface area contributed by atoms with Crippen LogP contribution in [0.1, 0.15) is 0 Å². The lowest BCUT2D eigenvalue weighted by Gasteiger charge is -2.17. The Morgan fingerprint density at radius 3 is 1.28 bits per heavy atom. The van der Waals surface area contributed by atoms with Crippen LogP contribution in [0.25, 0.3) is 145 Å². The molecule has 0 N–H and O–H groups in total. The zero-order valence-electron chi connectivity index (χ0n) is 38.4. The van der Waals surface area contributed by atoms with E-state index in [2.05, 4.69) is 162 Å². The van der Waals surface area contributed by atoms with Gasteiger partial charge in [-0.25, -0.2) is 29.9 Å². The maximum atomic E-state index is 5.33. The minimum atomic E-state index is 0.554. The molecule has 9 heteroatoms. The number of hydrogen-bond donors (Lipinski definition) is 0. The fraction of sp³-hybridized carbons (Fsp3) is 0. The van der Waals surface area contributed by atoms with Crippen LogP contribution < -0.4 is 0 Å². The Balaban J connectivity index is 0.974. The average Bonchev–Trinajstić information content (AvgIpc) is 3.46. The van der Waals surface area contributed by atoms with Gasteiger partial charge in [-0.15, -0.1) is 0 Å². The summed E-state index contributed by atoms with van der Waals surface area (Å²) in [4.78, 5) is 45.2. The van der Waals surface area contributed by atoms with Gasteiger partial charge >= 0.3 is 0 Å². The molecule has 0 bridgehead atoms. The Morgan fingerprint density at radius 1 is 0.250 bits per heavy atom. The molecule has 14 rings (SSSR count). The van der Waals surface area contributed by atoms with Crippen LogP contribution >= 0.6 is 0 Å². The highest BCUT2D eigenvalue weighted by molar-refractivity contribution is 6.27. The van der Waals surface area contributed by atoms with Crippen LogP contribution in [-0.2, 0) is 0 Å². The highest BCUT2D eigenvalue weighted by Gasteiger charge is 2.22. The summed E-state index contributed by atoms with van der Waals surface area (Å²) in [5.41, 5.74) is 10.2. The van der Waals surface area contributed by atoms with Gasteiger partial charge < -0.3 is 0 Å². The maximum absolute atomic E-state index is 5.33. The largest absolute Gasteiger partial charge is 0.264 e. The molecule has 5 heterocycles. The fourth-order valence-corrected chi connectivity index (χ4v) is 10.1. The van der Waals surface area contributed by atoms with E-state index in [1.807, 2.05) is 61.1 Å². The minimum absolute atomic E-state index is 0.554. The molecular weight excluding hydrogens is 883 g/mol. The van der Waals surface area contributed by atoms with Gasteiger partial charge in [0.05, 0.1) is 5.52 Å². The normalized spacial score (nSPS) is 11.6. The molecule has 0 aliphatic heterocycles. The van der Waals surface area contributed by atoms with E-state index in [1.165, 1.54) is 0 Å². The summed E-state index contributed by atoms with van der Waals surface area (Å²) < 4.78 is 0. The first kappa shape index (κ1) is 41.0. The molecule has 0 saturated heterocycles. The van der Waals surface area contributed by atoms with Crippen LogP contribution in [0.2, 0.25) is 0 Å². The molecule has 334 valence electrons. The van der Waals surface area contributed by atoms with E-state index in [-0.39, 0.29) is 0 Å². The summed E-state index contributed by atoms with van der Waals surface area (Å²) >= 11 is 0. The third-order valence-corrected chi connectivity index (χ3v) is 13.6. The molecule has 5 aromatic heterocycles. The smallest absolute Gasteiger partial charge is 0.166 e. The molecule has 72 heavy (non-hydrogen) atoms. The van der Waals surface area contributed by atoms with Crippen molar-refractivity contribution in [1.29, 1.82) is 0 Å². The van der Waals surface area contributed by atoms with Crippen molar-refractivity contribution in [2.24, 2.45) is 0 Å². The van der Waals surface area contributed by atoms with Crippen molar-refractivity contribution in [3.63, 3.8) is 0 Å². The number of nitrogens with zero attached hydrogens (tertiary/aromatic N) is 9. The van der Waals surface area contributed by atoms with Crippen LogP contribution in [0, 0.1) is 0 Å². The minimum Gasteiger partial charge on any atom is -0.264 e. The molecule has 9 nitrogen and oxygen atoms in total. The molecule has 0 spiro atoms. The number of para-hydroxylation sites is 1. The van der Waals surface area contributed by atoms with Crippen molar-refractivity contribution < 1.29 is 0 Å². The monoisotopic (exact) mass is 919 g/mol. The topological polar surface area (TPSA) is 116 Å². The Morgan fingerprint density at radius 2 is 0.681 bits per heavy atom. The first-order valence-electron chi connectivity index (χ1n) is 23.7. The van der Waals surface area contributed by atoms with Crippen molar-refractivity contribution in [1.82, 2.24) is 44.9 Å². The molecular formula is C63H37N9. The second-order valence-corrected chi connectivity index (χ2v) is 17.8. The molecule has 0 aliphatic rings. The fourth-order valence-electron chi connectivity index (χ4n) is 10.1. The Hall–Kier alpha value is -9.99. The van der Waals surface area contributed by atoms with Crippen LogP contribution in [0.3, 0.4) is 0 Å². The summed E-state index contributed by atoms with van der Waals surface area (Å²) in [6, 6.07) is 66.8. The summed E-state index contributed by atoms with van der Waals surface area (Å²) in [5.74, 6) is 3.41. The van der Waals surface area contributed by atoms with E-state index in [9.17, 15) is 0 Å². The summed E-state index contributed by atoms with van der Waals surface area (Å²) in [6.07, 6.45) is 9.12. The highest BCUT2D eigenvalue weighted by atomic mass is 15.0. The van der Waals surface area contributed by atoms with Crippen LogP contribution in [0.5, 0.6) is 0 Å². The number of hydrogen-bond acceptors (Lipinski definition) is 9. The predicted octanol–water partition coefficient (Wildman–Crippen LogP) is 14.8. The first-order chi connectivity index (χ1) is 35.7. The lowest BCUT2D eigenvalue weighted by Crippen LogP contribution is -2.02. The second kappa shape index (κ2) is 16.9. The number of pyridine rings is 3. The van der Waals surface area contributed by atoms with Crippen molar-refractivity contribution in [2.75, 3.05) is 0 Å². The lowest BCUT2D eigenvalue weighted by molar-refractivity contribution is 1.08. The highest BCUT2D eigenvalue weighted by Crippen LogP contribution is 2.43. The molecule has 0 atom stereocenters. The molecule has 0 saturated carbocycles. The quantitative estimate of drug-likeness (QED) is 0.137. The molecule has 0 radical (unpaired) electrons. The average molecular weight is 920 g/mol. The van der Waals surface area contributed by atoms with E-state index < -0.39 is 0 Å². The third kappa shape index (κ3) is 7.06. The zero-order chi connectivity index (χ0) is 47.5. The molecule has 0 aliphatic carbocycles. The van der Waals surface area contributed by atoms with Crippen molar-refractivity contribution >= 4 is 54.0 Å². The van der Waals surface area contributed by atoms with Gasteiger partial charge in [-0.05, 0) is 103 Å². The molecule has 0 unspecified atom stereocenters. The Bertz CT molecular complexity index is 4200. The van der Waals surface area contributed by atoms with E-state index in [4.69, 9.17) is 34.9 Å². The van der Waals surface area contributed by atoms with Crippen LogP contribution in [-0.4, -0.2) is 44.9 Å². The standard InChI is InChI=1S/C63H37N9/c1-2-20-48-38(10-1)11-5-21-51(48)60-70-62(72-63(71-60)54-22-6-12-41-17-9-33-66-57(41)54)53-30-26-40-23-27-49-52(29-25-39-24-28-50(53)56(40)55(39)49)61-68-58(44-15-3-13-42(34-44)46-18-7-31-64-36-46)67-59(69-61)45-16-4-14-43(35-45)47-19-8-32-65-37-47/h1-37H. The van der Waals surface area contributed by atoms with E-state index in [0.717, 1.165) is 110 Å². The SMILES string of the molecule is c1cncc(-c2cccc(-c3nc(-c4cccc(-c5cccnc5)c4)nc(-c4ccc5ccc6c(-c7nc(-c8cccc9ccccc89)nc(-c8cccc9cccnc89)n7)ccc7ccc4c5c76)n3)c2)c1. The van der Waals surface area contributed by atoms with Crippen molar-refractivity contribution in [3.05, 3.63) is 225 Å². The Labute approximate surface area is 412 Å². The van der Waals surface area contributed by atoms with Gasteiger partial charge in [-0.2, -0.15) is 0 Å². The molecule has 0 fully saturated rings. The van der Waals surface area contributed by atoms with Crippen LogP contribution in [0.15, 0.2) is 225 Å². The van der Waals surface area contributed by atoms with Crippen LogP contribution in [0.4, 0.5) is 0 Å². The molecule has 9 aromatic carbocycles. The Kier molecular flexibility index (Phi) is 9.63. The lowest BCUT2D eigenvalue weighted by atomic mass is 9.89. The number of fused-ring (bicyclic) bond motifs is 2. The summed E-state index contributed by atoms with van der Waals surface area (Å²) in [6.45, 7) is 0. The zero-order valence-corrected chi connectivity index (χ0v) is 38.4. The summed E-state index contributed by atoms with van der Waals surface area (Å²) in [5, 5.41) is 9.64. The predicted molar refractivity (Wildman–Crippen MR) is 289 cm³/mol. The van der Waals surface area contributed by atoms with Gasteiger partial charge in [0, 0.05) is 80.9 Å². The van der Waals surface area contributed by atoms with Gasteiger partial charge in [0.15, 0.2) is 34.9 Å².